The molecule has 2 fully saturated rings. The van der Waals surface area contributed by atoms with Gasteiger partial charge in [-0.1, -0.05) is 0 Å². The normalized spacial score (nSPS) is 19.9. The Morgan fingerprint density at radius 2 is 2.12 bits per heavy atom. The van der Waals surface area contributed by atoms with E-state index in [0.717, 1.165) is 42.7 Å². The van der Waals surface area contributed by atoms with Gasteiger partial charge in [0, 0.05) is 30.7 Å². The number of rotatable bonds is 5. The predicted octanol–water partition coefficient (Wildman–Crippen LogP) is 2.98. The second-order valence-electron chi connectivity index (χ2n) is 8.42. The third-order valence-corrected chi connectivity index (χ3v) is 6.00. The first-order chi connectivity index (χ1) is 16.0. The smallest absolute Gasteiger partial charge is 0.363 e. The lowest BCUT2D eigenvalue weighted by molar-refractivity contribution is -0.142. The highest BCUT2D eigenvalue weighted by molar-refractivity contribution is 6.04. The van der Waals surface area contributed by atoms with Gasteiger partial charge in [-0.2, -0.15) is 5.26 Å². The van der Waals surface area contributed by atoms with Gasteiger partial charge in [0.1, 0.15) is 17.4 Å². The van der Waals surface area contributed by atoms with Crippen LogP contribution in [0.15, 0.2) is 33.7 Å². The number of benzene rings is 1. The van der Waals surface area contributed by atoms with Crippen molar-refractivity contribution in [2.75, 3.05) is 31.5 Å². The molecule has 9 nitrogen and oxygen atoms in total. The SMILES string of the molecule is [C-]#[N+]C(C#N)C(=N[C@H]1CCCN(CC(=O)N2CCCC2)C1=O)Nc1ccc2oc(C)cc2c1. The first-order valence-electron chi connectivity index (χ1n) is 11.2. The Balaban J connectivity index is 1.54. The summed E-state index contributed by atoms with van der Waals surface area (Å²) in [6.45, 7) is 11.3. The zero-order valence-corrected chi connectivity index (χ0v) is 18.6. The van der Waals surface area contributed by atoms with Gasteiger partial charge in [0.05, 0.1) is 6.54 Å². The van der Waals surface area contributed by atoms with E-state index in [0.29, 0.717) is 25.1 Å². The summed E-state index contributed by atoms with van der Waals surface area (Å²) in [5, 5.41) is 13.5. The topological polar surface area (TPSA) is 106 Å². The van der Waals surface area contributed by atoms with Crippen molar-refractivity contribution in [1.82, 2.24) is 9.80 Å². The number of anilines is 1. The van der Waals surface area contributed by atoms with Gasteiger partial charge in [0.15, 0.2) is 6.07 Å². The summed E-state index contributed by atoms with van der Waals surface area (Å²) in [6.07, 6.45) is 3.21. The van der Waals surface area contributed by atoms with Gasteiger partial charge in [-0.25, -0.2) is 6.57 Å². The number of nitrogens with one attached hydrogen (secondary N) is 1. The molecule has 0 bridgehead atoms. The number of piperidine rings is 1. The van der Waals surface area contributed by atoms with Gasteiger partial charge >= 0.3 is 6.04 Å². The lowest BCUT2D eigenvalue weighted by Crippen LogP contribution is -2.49. The van der Waals surface area contributed by atoms with E-state index in [4.69, 9.17) is 11.0 Å². The minimum Gasteiger partial charge on any atom is -0.461 e. The maximum atomic E-state index is 13.1. The number of aliphatic imine (C=N–C) groups is 1. The summed E-state index contributed by atoms with van der Waals surface area (Å²) in [5.74, 6) is 0.640. The van der Waals surface area contributed by atoms with Gasteiger partial charge in [-0.05, 0) is 56.9 Å². The number of carbonyl (C=O) groups is 2. The van der Waals surface area contributed by atoms with Crippen LogP contribution in [0.3, 0.4) is 0 Å². The molecule has 0 spiro atoms. The molecular weight excluding hydrogens is 420 g/mol. The molecule has 2 atom stereocenters. The molecule has 170 valence electrons. The van der Waals surface area contributed by atoms with Crippen LogP contribution in [0.2, 0.25) is 0 Å². The van der Waals surface area contributed by atoms with E-state index in [-0.39, 0.29) is 24.2 Å². The van der Waals surface area contributed by atoms with Crippen LogP contribution >= 0.6 is 0 Å². The highest BCUT2D eigenvalue weighted by atomic mass is 16.3. The second kappa shape index (κ2) is 9.74. The number of nitrogens with zero attached hydrogens (tertiary/aromatic N) is 5. The number of nitriles is 1. The third kappa shape index (κ3) is 4.98. The fourth-order valence-corrected chi connectivity index (χ4v) is 4.32. The molecular formula is C24H26N6O3. The number of amidine groups is 1. The summed E-state index contributed by atoms with van der Waals surface area (Å²) in [5.41, 5.74) is 1.38. The molecule has 1 aromatic carbocycles. The Morgan fingerprint density at radius 1 is 1.33 bits per heavy atom. The molecule has 1 aromatic heterocycles. The van der Waals surface area contributed by atoms with Crippen LogP contribution in [0, 0.1) is 24.8 Å². The first kappa shape index (κ1) is 22.3. The number of carbonyl (C=O) groups excluding carboxylic acids is 2. The van der Waals surface area contributed by atoms with Crippen LogP contribution in [-0.4, -0.2) is 65.7 Å². The van der Waals surface area contributed by atoms with Crippen molar-refractivity contribution in [3.05, 3.63) is 41.4 Å². The molecule has 9 heteroatoms. The maximum absolute atomic E-state index is 13.1. The summed E-state index contributed by atoms with van der Waals surface area (Å²) in [6, 6.07) is 7.38. The van der Waals surface area contributed by atoms with Crippen LogP contribution < -0.4 is 5.32 Å². The van der Waals surface area contributed by atoms with Crippen molar-refractivity contribution in [1.29, 1.82) is 5.26 Å². The van der Waals surface area contributed by atoms with Crippen LogP contribution in [0.25, 0.3) is 15.8 Å². The Morgan fingerprint density at radius 3 is 2.85 bits per heavy atom. The number of hydrogen-bond acceptors (Lipinski definition) is 5. The van der Waals surface area contributed by atoms with E-state index in [1.165, 1.54) is 0 Å². The highest BCUT2D eigenvalue weighted by Crippen LogP contribution is 2.24. The van der Waals surface area contributed by atoms with Crippen LogP contribution in [-0.2, 0) is 9.59 Å². The molecule has 0 radical (unpaired) electrons. The molecule has 2 saturated heterocycles. The molecule has 1 N–H and O–H groups in total. The van der Waals surface area contributed by atoms with Gasteiger partial charge in [0.2, 0.25) is 17.6 Å². The van der Waals surface area contributed by atoms with Crippen molar-refractivity contribution in [3.8, 4) is 6.07 Å². The minimum absolute atomic E-state index is 0.0383. The maximum Gasteiger partial charge on any atom is 0.363 e. The Hall–Kier alpha value is -3.85. The van der Waals surface area contributed by atoms with Crippen molar-refractivity contribution >= 4 is 34.3 Å². The van der Waals surface area contributed by atoms with E-state index in [9.17, 15) is 14.9 Å². The zero-order valence-electron chi connectivity index (χ0n) is 18.6. The van der Waals surface area contributed by atoms with Crippen molar-refractivity contribution in [2.45, 2.75) is 44.7 Å². The van der Waals surface area contributed by atoms with Gasteiger partial charge in [0.25, 0.3) is 0 Å². The number of aryl methyl sites for hydroxylation is 1. The molecule has 0 aliphatic carbocycles. The number of likely N-dealkylation sites (tertiary alicyclic amines) is 2. The van der Waals surface area contributed by atoms with E-state index in [2.05, 4.69) is 15.2 Å². The molecule has 4 rings (SSSR count). The molecule has 2 amide bonds. The number of furan rings is 1. The summed E-state index contributed by atoms with van der Waals surface area (Å²) >= 11 is 0. The summed E-state index contributed by atoms with van der Waals surface area (Å²) < 4.78 is 5.59. The molecule has 2 aromatic rings. The first-order valence-corrected chi connectivity index (χ1v) is 11.2. The van der Waals surface area contributed by atoms with Gasteiger partial charge < -0.3 is 19.5 Å². The molecule has 0 saturated carbocycles. The molecule has 3 heterocycles. The largest absolute Gasteiger partial charge is 0.461 e. The third-order valence-electron chi connectivity index (χ3n) is 6.00. The van der Waals surface area contributed by atoms with Crippen molar-refractivity contribution in [2.24, 2.45) is 4.99 Å². The van der Waals surface area contributed by atoms with Crippen molar-refractivity contribution in [3.63, 3.8) is 0 Å². The lowest BCUT2D eigenvalue weighted by Gasteiger charge is -2.31. The quantitative estimate of drug-likeness (QED) is 0.432. The zero-order chi connectivity index (χ0) is 23.4. The average molecular weight is 447 g/mol. The van der Waals surface area contributed by atoms with Crippen LogP contribution in [0.5, 0.6) is 0 Å². The van der Waals surface area contributed by atoms with Gasteiger partial charge in [-0.15, -0.1) is 0 Å². The van der Waals surface area contributed by atoms with Crippen LogP contribution in [0.4, 0.5) is 5.69 Å². The standard InChI is InChI=1S/C24H26N6O3/c1-16-12-17-13-18(7-8-21(17)33-16)27-23(20(14-25)26-2)28-19-6-5-11-30(24(19)32)15-22(31)29-9-3-4-10-29/h7-8,12-13,19-20H,3-6,9-11,15H2,1H3,(H,27,28)/t19-,20?/m0/s1. The number of hydrogen-bond donors (Lipinski definition) is 1. The molecule has 1 unspecified atom stereocenters. The minimum atomic E-state index is -1.17. The summed E-state index contributed by atoms with van der Waals surface area (Å²) in [4.78, 5) is 36.9. The van der Waals surface area contributed by atoms with E-state index < -0.39 is 12.1 Å². The fraction of sp³-hybridized carbons (Fsp3) is 0.458. The average Bonchev–Trinajstić information content (AvgIpc) is 3.46. The monoisotopic (exact) mass is 446 g/mol. The molecule has 2 aliphatic rings. The molecule has 2 aliphatic heterocycles. The van der Waals surface area contributed by atoms with Crippen LogP contribution in [0.1, 0.15) is 31.4 Å². The Bertz CT molecular complexity index is 1150. The van der Waals surface area contributed by atoms with E-state index in [1.54, 1.807) is 21.9 Å². The Kier molecular flexibility index (Phi) is 6.60. The lowest BCUT2D eigenvalue weighted by atomic mass is 10.0. The van der Waals surface area contributed by atoms with E-state index in [1.807, 2.05) is 25.1 Å². The highest BCUT2D eigenvalue weighted by Gasteiger charge is 2.33. The van der Waals surface area contributed by atoms with Gasteiger partial charge in [-0.3, -0.25) is 19.4 Å². The number of fused-ring (bicyclic) bond motifs is 1. The Labute approximate surface area is 192 Å². The predicted molar refractivity (Wildman–Crippen MR) is 123 cm³/mol. The second-order valence-corrected chi connectivity index (χ2v) is 8.42. The number of amides is 2. The molecule has 33 heavy (non-hydrogen) atoms. The van der Waals surface area contributed by atoms with Crippen molar-refractivity contribution < 1.29 is 14.0 Å². The fourth-order valence-electron chi connectivity index (χ4n) is 4.32. The summed E-state index contributed by atoms with van der Waals surface area (Å²) in [7, 11) is 0. The van der Waals surface area contributed by atoms with E-state index >= 15 is 0 Å².